The summed E-state index contributed by atoms with van der Waals surface area (Å²) in [7, 11) is 0. The van der Waals surface area contributed by atoms with E-state index in [1.54, 1.807) is 0 Å². The quantitative estimate of drug-likeness (QED) is 0.876. The van der Waals surface area contributed by atoms with Gasteiger partial charge in [0.05, 0.1) is 0 Å². The molecular formula is C11H13Br2N. The first-order valence-corrected chi connectivity index (χ1v) is 6.47. The zero-order chi connectivity index (χ0) is 10.1. The molecule has 3 heteroatoms. The molecule has 1 aromatic carbocycles. The van der Waals surface area contributed by atoms with Crippen LogP contribution in [0.1, 0.15) is 30.9 Å². The first-order chi connectivity index (χ1) is 6.68. The number of halogens is 2. The minimum Gasteiger partial charge on any atom is -0.324 e. The molecule has 0 amide bonds. The summed E-state index contributed by atoms with van der Waals surface area (Å²) in [5, 5.41) is 0. The van der Waals surface area contributed by atoms with Crippen LogP contribution in [0.15, 0.2) is 27.1 Å². The van der Waals surface area contributed by atoms with Crippen molar-refractivity contribution in [2.24, 2.45) is 11.7 Å². The first kappa shape index (κ1) is 10.7. The third kappa shape index (κ3) is 2.05. The topological polar surface area (TPSA) is 26.0 Å². The van der Waals surface area contributed by atoms with Crippen LogP contribution in [0.3, 0.4) is 0 Å². The lowest BCUT2D eigenvalue weighted by Gasteiger charge is -2.32. The molecule has 1 aliphatic carbocycles. The highest BCUT2D eigenvalue weighted by Crippen LogP contribution is 2.38. The Bertz CT molecular complexity index is 334. The van der Waals surface area contributed by atoms with Crippen LogP contribution in [0.5, 0.6) is 0 Å². The van der Waals surface area contributed by atoms with E-state index in [1.165, 1.54) is 24.8 Å². The van der Waals surface area contributed by atoms with E-state index in [4.69, 9.17) is 5.73 Å². The first-order valence-electron chi connectivity index (χ1n) is 4.89. The molecule has 2 rings (SSSR count). The van der Waals surface area contributed by atoms with Gasteiger partial charge in [0.2, 0.25) is 0 Å². The standard InChI is InChI=1S/C11H13Br2N/c12-8-4-5-9(10(13)6-8)11(14)7-2-1-3-7/h4-7,11H,1-3,14H2/t11-/m1/s1. The second-order valence-corrected chi connectivity index (χ2v) is 5.65. The van der Waals surface area contributed by atoms with Crippen molar-refractivity contribution in [1.82, 2.24) is 0 Å². The summed E-state index contributed by atoms with van der Waals surface area (Å²) in [5.41, 5.74) is 7.44. The molecule has 0 aliphatic heterocycles. The maximum Gasteiger partial charge on any atom is 0.0334 e. The summed E-state index contributed by atoms with van der Waals surface area (Å²) in [6, 6.07) is 6.43. The van der Waals surface area contributed by atoms with Crippen LogP contribution in [0, 0.1) is 5.92 Å². The summed E-state index contributed by atoms with van der Waals surface area (Å²) < 4.78 is 2.21. The molecule has 0 aromatic heterocycles. The Labute approximate surface area is 101 Å². The lowest BCUT2D eigenvalue weighted by atomic mass is 9.78. The highest BCUT2D eigenvalue weighted by molar-refractivity contribution is 9.11. The molecule has 0 spiro atoms. The van der Waals surface area contributed by atoms with Crippen LogP contribution < -0.4 is 5.73 Å². The number of hydrogen-bond donors (Lipinski definition) is 1. The highest BCUT2D eigenvalue weighted by atomic mass is 79.9. The van der Waals surface area contributed by atoms with Crippen molar-refractivity contribution in [2.75, 3.05) is 0 Å². The second-order valence-electron chi connectivity index (χ2n) is 3.88. The van der Waals surface area contributed by atoms with Gasteiger partial charge in [-0.05, 0) is 36.5 Å². The van der Waals surface area contributed by atoms with Gasteiger partial charge in [0, 0.05) is 15.0 Å². The molecule has 0 heterocycles. The number of rotatable bonds is 2. The maximum absolute atomic E-state index is 6.21. The largest absolute Gasteiger partial charge is 0.324 e. The third-order valence-electron chi connectivity index (χ3n) is 2.98. The van der Waals surface area contributed by atoms with Gasteiger partial charge in [-0.3, -0.25) is 0 Å². The molecule has 1 saturated carbocycles. The fourth-order valence-corrected chi connectivity index (χ4v) is 3.14. The van der Waals surface area contributed by atoms with E-state index in [1.807, 2.05) is 0 Å². The summed E-state index contributed by atoms with van der Waals surface area (Å²) >= 11 is 7.00. The minimum absolute atomic E-state index is 0.200. The molecule has 1 aliphatic rings. The van der Waals surface area contributed by atoms with E-state index in [2.05, 4.69) is 50.1 Å². The smallest absolute Gasteiger partial charge is 0.0334 e. The van der Waals surface area contributed by atoms with Crippen LogP contribution in [-0.4, -0.2) is 0 Å². The van der Waals surface area contributed by atoms with Crippen molar-refractivity contribution in [3.05, 3.63) is 32.7 Å². The van der Waals surface area contributed by atoms with Crippen molar-refractivity contribution < 1.29 is 0 Å². The van der Waals surface area contributed by atoms with Gasteiger partial charge in [0.15, 0.2) is 0 Å². The SMILES string of the molecule is N[C@@H](c1ccc(Br)cc1Br)C1CCC1. The average molecular weight is 319 g/mol. The lowest BCUT2D eigenvalue weighted by Crippen LogP contribution is -2.27. The molecule has 1 fully saturated rings. The lowest BCUT2D eigenvalue weighted by molar-refractivity contribution is 0.264. The summed E-state index contributed by atoms with van der Waals surface area (Å²) in [6.07, 6.45) is 3.90. The minimum atomic E-state index is 0.200. The Morgan fingerprint density at radius 1 is 1.29 bits per heavy atom. The number of hydrogen-bond acceptors (Lipinski definition) is 1. The molecule has 14 heavy (non-hydrogen) atoms. The molecule has 1 atom stereocenters. The molecule has 0 unspecified atom stereocenters. The predicted octanol–water partition coefficient (Wildman–Crippen LogP) is 4.01. The molecule has 0 bridgehead atoms. The van der Waals surface area contributed by atoms with Crippen LogP contribution in [0.25, 0.3) is 0 Å². The van der Waals surface area contributed by atoms with E-state index >= 15 is 0 Å². The Kier molecular flexibility index (Phi) is 3.30. The highest BCUT2D eigenvalue weighted by Gasteiger charge is 2.26. The van der Waals surface area contributed by atoms with Crippen molar-refractivity contribution in [1.29, 1.82) is 0 Å². The molecule has 2 N–H and O–H groups in total. The molecule has 1 nitrogen and oxygen atoms in total. The van der Waals surface area contributed by atoms with Crippen molar-refractivity contribution in [3.63, 3.8) is 0 Å². The van der Waals surface area contributed by atoms with Crippen LogP contribution >= 0.6 is 31.9 Å². The van der Waals surface area contributed by atoms with E-state index in [0.717, 1.165) is 8.95 Å². The number of benzene rings is 1. The van der Waals surface area contributed by atoms with Crippen LogP contribution in [0.2, 0.25) is 0 Å². The van der Waals surface area contributed by atoms with Crippen LogP contribution in [-0.2, 0) is 0 Å². The predicted molar refractivity (Wildman–Crippen MR) is 66.1 cm³/mol. The molecule has 76 valence electrons. The van der Waals surface area contributed by atoms with Crippen molar-refractivity contribution in [2.45, 2.75) is 25.3 Å². The monoisotopic (exact) mass is 317 g/mol. The molecule has 1 aromatic rings. The summed E-state index contributed by atoms with van der Waals surface area (Å²) in [4.78, 5) is 0. The van der Waals surface area contributed by atoms with Crippen molar-refractivity contribution in [3.8, 4) is 0 Å². The fourth-order valence-electron chi connectivity index (χ4n) is 1.82. The van der Waals surface area contributed by atoms with Gasteiger partial charge in [-0.2, -0.15) is 0 Å². The summed E-state index contributed by atoms with van der Waals surface area (Å²) in [5.74, 6) is 0.687. The Hall–Kier alpha value is 0.140. The normalized spacial score (nSPS) is 19.1. The van der Waals surface area contributed by atoms with Gasteiger partial charge in [-0.25, -0.2) is 0 Å². The zero-order valence-electron chi connectivity index (χ0n) is 7.84. The van der Waals surface area contributed by atoms with Gasteiger partial charge in [-0.15, -0.1) is 0 Å². The van der Waals surface area contributed by atoms with E-state index in [0.29, 0.717) is 5.92 Å². The molecule has 0 radical (unpaired) electrons. The summed E-state index contributed by atoms with van der Waals surface area (Å²) in [6.45, 7) is 0. The Morgan fingerprint density at radius 2 is 2.00 bits per heavy atom. The Balaban J connectivity index is 2.22. The van der Waals surface area contributed by atoms with Gasteiger partial charge in [0.25, 0.3) is 0 Å². The van der Waals surface area contributed by atoms with Crippen LogP contribution in [0.4, 0.5) is 0 Å². The van der Waals surface area contributed by atoms with Gasteiger partial charge >= 0.3 is 0 Å². The van der Waals surface area contributed by atoms with Crippen molar-refractivity contribution >= 4 is 31.9 Å². The van der Waals surface area contributed by atoms with E-state index in [9.17, 15) is 0 Å². The average Bonchev–Trinajstić information content (AvgIpc) is 2.00. The van der Waals surface area contributed by atoms with Gasteiger partial charge < -0.3 is 5.73 Å². The third-order valence-corrected chi connectivity index (χ3v) is 4.16. The van der Waals surface area contributed by atoms with E-state index < -0.39 is 0 Å². The zero-order valence-corrected chi connectivity index (χ0v) is 11.0. The maximum atomic E-state index is 6.21. The van der Waals surface area contributed by atoms with E-state index in [-0.39, 0.29) is 6.04 Å². The Morgan fingerprint density at radius 3 is 2.50 bits per heavy atom. The number of nitrogens with two attached hydrogens (primary N) is 1. The second kappa shape index (κ2) is 4.33. The fraction of sp³-hybridized carbons (Fsp3) is 0.455. The van der Waals surface area contributed by atoms with Gasteiger partial charge in [0.1, 0.15) is 0 Å². The van der Waals surface area contributed by atoms with Gasteiger partial charge in [-0.1, -0.05) is 44.3 Å². The molecule has 0 saturated heterocycles. The molecular weight excluding hydrogens is 306 g/mol.